The number of nitrogens with one attached hydrogen (secondary N) is 2. The summed E-state index contributed by atoms with van der Waals surface area (Å²) >= 11 is 0. The largest absolute Gasteiger partial charge is 0.505 e. The van der Waals surface area contributed by atoms with Crippen molar-refractivity contribution in [1.29, 1.82) is 0 Å². The molecule has 1 aliphatic heterocycles. The van der Waals surface area contributed by atoms with Gasteiger partial charge in [0.25, 0.3) is 0 Å². The summed E-state index contributed by atoms with van der Waals surface area (Å²) in [6, 6.07) is 5.38. The van der Waals surface area contributed by atoms with Crippen LogP contribution < -0.4 is 10.6 Å². The van der Waals surface area contributed by atoms with Gasteiger partial charge in [0.1, 0.15) is 5.75 Å². The van der Waals surface area contributed by atoms with Gasteiger partial charge in [-0.15, -0.1) is 0 Å². The minimum atomic E-state index is -0.467. The predicted molar refractivity (Wildman–Crippen MR) is 76.3 cm³/mol. The number of hydrogen-bond acceptors (Lipinski definition) is 3. The minimum absolute atomic E-state index is 0.0345. The summed E-state index contributed by atoms with van der Waals surface area (Å²) in [6.45, 7) is 4.78. The average molecular weight is 262 g/mol. The maximum absolute atomic E-state index is 12.5. The van der Waals surface area contributed by atoms with Crippen molar-refractivity contribution in [3.8, 4) is 5.75 Å². The van der Waals surface area contributed by atoms with Crippen LogP contribution in [0.1, 0.15) is 38.2 Å². The SMILES string of the molecule is CCCC1(C(=O)Nc2cccc(C)c2O)CCCN1. The highest BCUT2D eigenvalue weighted by molar-refractivity contribution is 5.99. The summed E-state index contributed by atoms with van der Waals surface area (Å²) in [5.74, 6) is 0.119. The van der Waals surface area contributed by atoms with Crippen molar-refractivity contribution in [3.63, 3.8) is 0 Å². The van der Waals surface area contributed by atoms with E-state index in [4.69, 9.17) is 0 Å². The lowest BCUT2D eigenvalue weighted by Gasteiger charge is -2.28. The molecule has 1 aliphatic rings. The standard InChI is InChI=1S/C15H22N2O2/c1-3-8-15(9-5-10-16-15)14(19)17-12-7-4-6-11(2)13(12)18/h4,6-7,16,18H,3,5,8-10H2,1-2H3,(H,17,19). The minimum Gasteiger partial charge on any atom is -0.505 e. The van der Waals surface area contributed by atoms with Crippen molar-refractivity contribution in [2.45, 2.75) is 45.1 Å². The zero-order valence-corrected chi connectivity index (χ0v) is 11.6. The molecule has 1 aromatic carbocycles. The molecule has 0 aliphatic carbocycles. The molecule has 1 atom stereocenters. The van der Waals surface area contributed by atoms with Crippen LogP contribution in [0, 0.1) is 6.92 Å². The molecule has 0 radical (unpaired) electrons. The number of carbonyl (C=O) groups is 1. The van der Waals surface area contributed by atoms with Crippen LogP contribution in [-0.2, 0) is 4.79 Å². The molecular weight excluding hydrogens is 240 g/mol. The summed E-state index contributed by atoms with van der Waals surface area (Å²) in [5.41, 5.74) is 0.793. The Kier molecular flexibility index (Phi) is 4.10. The first-order valence-electron chi connectivity index (χ1n) is 6.94. The fourth-order valence-electron chi connectivity index (χ4n) is 2.76. The van der Waals surface area contributed by atoms with Crippen LogP contribution in [0.5, 0.6) is 5.75 Å². The third-order valence-corrected chi connectivity index (χ3v) is 3.84. The Labute approximate surface area is 114 Å². The van der Waals surface area contributed by atoms with Crippen molar-refractivity contribution in [2.75, 3.05) is 11.9 Å². The van der Waals surface area contributed by atoms with E-state index in [0.717, 1.165) is 37.8 Å². The number of carbonyl (C=O) groups excluding carboxylic acids is 1. The van der Waals surface area contributed by atoms with E-state index in [2.05, 4.69) is 17.6 Å². The van der Waals surface area contributed by atoms with Gasteiger partial charge in [-0.2, -0.15) is 0 Å². The van der Waals surface area contributed by atoms with Crippen LogP contribution in [0.3, 0.4) is 0 Å². The number of hydrogen-bond donors (Lipinski definition) is 3. The van der Waals surface area contributed by atoms with Crippen molar-refractivity contribution >= 4 is 11.6 Å². The second kappa shape index (κ2) is 5.61. The zero-order chi connectivity index (χ0) is 13.9. The lowest BCUT2D eigenvalue weighted by Crippen LogP contribution is -2.50. The van der Waals surface area contributed by atoms with E-state index in [1.54, 1.807) is 6.07 Å². The Hall–Kier alpha value is -1.55. The van der Waals surface area contributed by atoms with Gasteiger partial charge in [0.2, 0.25) is 5.91 Å². The van der Waals surface area contributed by atoms with Gasteiger partial charge in [-0.1, -0.05) is 25.5 Å². The fourth-order valence-corrected chi connectivity index (χ4v) is 2.76. The van der Waals surface area contributed by atoms with Gasteiger partial charge < -0.3 is 15.7 Å². The third kappa shape index (κ3) is 2.73. The van der Waals surface area contributed by atoms with E-state index in [1.165, 1.54) is 0 Å². The van der Waals surface area contributed by atoms with E-state index in [1.807, 2.05) is 19.1 Å². The van der Waals surface area contributed by atoms with Crippen LogP contribution in [0.15, 0.2) is 18.2 Å². The lowest BCUT2D eigenvalue weighted by molar-refractivity contribution is -0.122. The van der Waals surface area contributed by atoms with Gasteiger partial charge in [-0.25, -0.2) is 0 Å². The molecular formula is C15H22N2O2. The van der Waals surface area contributed by atoms with Crippen LogP contribution in [0.2, 0.25) is 0 Å². The van der Waals surface area contributed by atoms with Crippen LogP contribution in [-0.4, -0.2) is 23.1 Å². The molecule has 1 unspecified atom stereocenters. The van der Waals surface area contributed by atoms with E-state index >= 15 is 0 Å². The lowest BCUT2D eigenvalue weighted by atomic mass is 9.90. The van der Waals surface area contributed by atoms with E-state index < -0.39 is 5.54 Å². The summed E-state index contributed by atoms with van der Waals surface area (Å²) in [5, 5.41) is 16.2. The second-order valence-electron chi connectivity index (χ2n) is 5.29. The Morgan fingerprint density at radius 2 is 2.32 bits per heavy atom. The smallest absolute Gasteiger partial charge is 0.244 e. The average Bonchev–Trinajstić information content (AvgIpc) is 2.85. The quantitative estimate of drug-likeness (QED) is 0.731. The maximum atomic E-state index is 12.5. The van der Waals surface area contributed by atoms with Gasteiger partial charge in [0.15, 0.2) is 0 Å². The van der Waals surface area contributed by atoms with Crippen molar-refractivity contribution in [1.82, 2.24) is 5.32 Å². The van der Waals surface area contributed by atoms with Gasteiger partial charge in [0, 0.05) is 0 Å². The molecule has 1 saturated heterocycles. The van der Waals surface area contributed by atoms with Gasteiger partial charge >= 0.3 is 0 Å². The molecule has 1 aromatic rings. The van der Waals surface area contributed by atoms with Crippen LogP contribution in [0.4, 0.5) is 5.69 Å². The maximum Gasteiger partial charge on any atom is 0.244 e. The highest BCUT2D eigenvalue weighted by atomic mass is 16.3. The molecule has 1 amide bonds. The molecule has 2 rings (SSSR count). The highest BCUT2D eigenvalue weighted by Crippen LogP contribution is 2.30. The monoisotopic (exact) mass is 262 g/mol. The summed E-state index contributed by atoms with van der Waals surface area (Å²) in [7, 11) is 0. The Morgan fingerprint density at radius 1 is 1.53 bits per heavy atom. The van der Waals surface area contributed by atoms with E-state index in [9.17, 15) is 9.90 Å². The normalized spacial score (nSPS) is 22.4. The molecule has 4 heteroatoms. The third-order valence-electron chi connectivity index (χ3n) is 3.84. The summed E-state index contributed by atoms with van der Waals surface area (Å²) in [6.07, 6.45) is 3.66. The molecule has 1 fully saturated rings. The number of rotatable bonds is 4. The molecule has 3 N–H and O–H groups in total. The van der Waals surface area contributed by atoms with Crippen molar-refractivity contribution in [2.24, 2.45) is 0 Å². The second-order valence-corrected chi connectivity index (χ2v) is 5.29. The summed E-state index contributed by atoms with van der Waals surface area (Å²) in [4.78, 5) is 12.5. The number of benzene rings is 1. The Morgan fingerprint density at radius 3 is 2.95 bits per heavy atom. The Balaban J connectivity index is 2.17. The van der Waals surface area contributed by atoms with Gasteiger partial charge in [-0.3, -0.25) is 4.79 Å². The molecule has 0 aromatic heterocycles. The zero-order valence-electron chi connectivity index (χ0n) is 11.6. The molecule has 4 nitrogen and oxygen atoms in total. The number of phenolic OH excluding ortho intramolecular Hbond substituents is 1. The molecule has 1 heterocycles. The first kappa shape index (κ1) is 13.9. The number of phenols is 1. The molecule has 19 heavy (non-hydrogen) atoms. The number of aromatic hydroxyl groups is 1. The van der Waals surface area contributed by atoms with Crippen LogP contribution in [0.25, 0.3) is 0 Å². The van der Waals surface area contributed by atoms with E-state index in [-0.39, 0.29) is 11.7 Å². The van der Waals surface area contributed by atoms with E-state index in [0.29, 0.717) is 5.69 Å². The van der Waals surface area contributed by atoms with Crippen LogP contribution >= 0.6 is 0 Å². The number of amides is 1. The predicted octanol–water partition coefficient (Wildman–Crippen LogP) is 2.56. The fraction of sp³-hybridized carbons (Fsp3) is 0.533. The molecule has 104 valence electrons. The first-order chi connectivity index (χ1) is 9.09. The molecule has 0 bridgehead atoms. The van der Waals surface area contributed by atoms with Crippen molar-refractivity contribution < 1.29 is 9.90 Å². The topological polar surface area (TPSA) is 61.4 Å². The van der Waals surface area contributed by atoms with Gasteiger partial charge in [0.05, 0.1) is 11.2 Å². The molecule has 0 saturated carbocycles. The summed E-state index contributed by atoms with van der Waals surface area (Å²) < 4.78 is 0. The van der Waals surface area contributed by atoms with Crippen molar-refractivity contribution in [3.05, 3.63) is 23.8 Å². The molecule has 0 spiro atoms. The van der Waals surface area contributed by atoms with Gasteiger partial charge in [-0.05, 0) is 44.4 Å². The first-order valence-corrected chi connectivity index (χ1v) is 6.94. The number of anilines is 1. The number of aryl methyl sites for hydroxylation is 1. The highest BCUT2D eigenvalue weighted by Gasteiger charge is 2.40. The number of para-hydroxylation sites is 1. The Bertz CT molecular complexity index is 465.